The summed E-state index contributed by atoms with van der Waals surface area (Å²) in [6.45, 7) is 6.14. The average molecular weight is 280 g/mol. The average Bonchev–Trinajstić information content (AvgIpc) is 2.75. The van der Waals surface area contributed by atoms with Crippen LogP contribution in [0.1, 0.15) is 44.9 Å². The number of fused-ring (bicyclic) bond motifs is 1. The molecule has 104 valence electrons. The smallest absolute Gasteiger partial charge is 0.112 e. The van der Waals surface area contributed by atoms with E-state index in [2.05, 4.69) is 18.4 Å². The highest BCUT2D eigenvalue weighted by atomic mass is 35.5. The number of imidazole rings is 1. The Hall–Kier alpha value is -1.06. The summed E-state index contributed by atoms with van der Waals surface area (Å²) in [4.78, 5) is 4.79. The molecule has 1 atom stereocenters. The fourth-order valence-corrected chi connectivity index (χ4v) is 2.67. The van der Waals surface area contributed by atoms with Crippen LogP contribution in [0.25, 0.3) is 11.0 Å². The molecular formula is C15H22ClN3. The Kier molecular flexibility index (Phi) is 4.83. The summed E-state index contributed by atoms with van der Waals surface area (Å²) in [5, 5.41) is 0.769. The van der Waals surface area contributed by atoms with E-state index in [9.17, 15) is 0 Å². The van der Waals surface area contributed by atoms with Crippen molar-refractivity contribution in [3.63, 3.8) is 0 Å². The molecule has 0 saturated heterocycles. The van der Waals surface area contributed by atoms with Crippen molar-refractivity contribution < 1.29 is 0 Å². The molecule has 0 aliphatic heterocycles. The highest BCUT2D eigenvalue weighted by Crippen LogP contribution is 2.27. The normalized spacial score (nSPS) is 13.1. The minimum absolute atomic E-state index is 0.432. The van der Waals surface area contributed by atoms with E-state index < -0.39 is 0 Å². The summed E-state index contributed by atoms with van der Waals surface area (Å²) < 4.78 is 2.31. The van der Waals surface area contributed by atoms with Crippen LogP contribution in [0.15, 0.2) is 18.2 Å². The molecule has 0 radical (unpaired) electrons. The number of hydrogen-bond acceptors (Lipinski definition) is 2. The fraction of sp³-hybridized carbons (Fsp3) is 0.533. The lowest BCUT2D eigenvalue weighted by molar-refractivity contribution is 0.559. The molecule has 2 N–H and O–H groups in total. The maximum absolute atomic E-state index is 6.11. The predicted octanol–water partition coefficient (Wildman–Crippen LogP) is 3.94. The van der Waals surface area contributed by atoms with Crippen LogP contribution in [-0.2, 0) is 6.54 Å². The summed E-state index contributed by atoms with van der Waals surface area (Å²) >= 11 is 6.11. The molecule has 0 spiro atoms. The number of aromatic nitrogens is 2. The SMILES string of the molecule is CCCn1c(C(C)CCCN)nc2ccc(Cl)cc21. The Morgan fingerprint density at radius 2 is 2.21 bits per heavy atom. The Labute approximate surface area is 119 Å². The summed E-state index contributed by atoms with van der Waals surface area (Å²) in [6, 6.07) is 5.92. The Morgan fingerprint density at radius 3 is 2.89 bits per heavy atom. The van der Waals surface area contributed by atoms with Crippen molar-refractivity contribution in [3.05, 3.63) is 29.0 Å². The van der Waals surface area contributed by atoms with Gasteiger partial charge in [-0.2, -0.15) is 0 Å². The maximum atomic E-state index is 6.11. The molecule has 1 heterocycles. The highest BCUT2D eigenvalue weighted by Gasteiger charge is 2.16. The quantitative estimate of drug-likeness (QED) is 0.870. The second-order valence-corrected chi connectivity index (χ2v) is 5.52. The highest BCUT2D eigenvalue weighted by molar-refractivity contribution is 6.31. The number of nitrogens with two attached hydrogens (primary N) is 1. The zero-order chi connectivity index (χ0) is 13.8. The van der Waals surface area contributed by atoms with E-state index in [1.807, 2.05) is 18.2 Å². The molecule has 0 fully saturated rings. The van der Waals surface area contributed by atoms with Gasteiger partial charge in [0.25, 0.3) is 0 Å². The van der Waals surface area contributed by atoms with Gasteiger partial charge in [0.1, 0.15) is 5.82 Å². The van der Waals surface area contributed by atoms with Gasteiger partial charge in [-0.05, 0) is 44.0 Å². The number of hydrogen-bond donors (Lipinski definition) is 1. The van der Waals surface area contributed by atoms with Gasteiger partial charge in [-0.1, -0.05) is 25.4 Å². The van der Waals surface area contributed by atoms with Crippen LogP contribution in [0.4, 0.5) is 0 Å². The molecule has 0 bridgehead atoms. The van der Waals surface area contributed by atoms with E-state index in [4.69, 9.17) is 22.3 Å². The third kappa shape index (κ3) is 3.10. The van der Waals surface area contributed by atoms with Crippen LogP contribution < -0.4 is 5.73 Å². The largest absolute Gasteiger partial charge is 0.330 e. The van der Waals surface area contributed by atoms with Gasteiger partial charge < -0.3 is 10.3 Å². The molecule has 0 saturated carbocycles. The van der Waals surface area contributed by atoms with Crippen LogP contribution in [0.5, 0.6) is 0 Å². The van der Waals surface area contributed by atoms with Crippen molar-refractivity contribution in [1.82, 2.24) is 9.55 Å². The number of aryl methyl sites for hydroxylation is 1. The summed E-state index contributed by atoms with van der Waals surface area (Å²) in [6.07, 6.45) is 3.21. The molecule has 1 aromatic heterocycles. The Balaban J connectivity index is 2.43. The molecule has 3 nitrogen and oxygen atoms in total. The second-order valence-electron chi connectivity index (χ2n) is 5.09. The third-order valence-electron chi connectivity index (χ3n) is 3.47. The topological polar surface area (TPSA) is 43.8 Å². The van der Waals surface area contributed by atoms with E-state index >= 15 is 0 Å². The molecule has 0 amide bonds. The molecule has 0 aliphatic carbocycles. The number of benzene rings is 1. The van der Waals surface area contributed by atoms with Gasteiger partial charge in [0, 0.05) is 17.5 Å². The van der Waals surface area contributed by atoms with Crippen LogP contribution in [0, 0.1) is 0 Å². The van der Waals surface area contributed by atoms with Crippen molar-refractivity contribution in [2.45, 2.75) is 45.6 Å². The fourth-order valence-electron chi connectivity index (χ4n) is 2.50. The number of rotatable bonds is 6. The molecular weight excluding hydrogens is 258 g/mol. The van der Waals surface area contributed by atoms with Crippen molar-refractivity contribution >= 4 is 22.6 Å². The first kappa shape index (κ1) is 14.4. The summed E-state index contributed by atoms with van der Waals surface area (Å²) in [7, 11) is 0. The first-order valence-electron chi connectivity index (χ1n) is 7.03. The minimum Gasteiger partial charge on any atom is -0.330 e. The van der Waals surface area contributed by atoms with E-state index in [-0.39, 0.29) is 0 Å². The lowest BCUT2D eigenvalue weighted by Gasteiger charge is -2.13. The van der Waals surface area contributed by atoms with E-state index in [1.165, 1.54) is 0 Å². The van der Waals surface area contributed by atoms with E-state index in [1.54, 1.807) is 0 Å². The van der Waals surface area contributed by atoms with Gasteiger partial charge in [0.2, 0.25) is 0 Å². The van der Waals surface area contributed by atoms with Gasteiger partial charge in [-0.25, -0.2) is 4.98 Å². The molecule has 2 aromatic rings. The molecule has 2 rings (SSSR count). The van der Waals surface area contributed by atoms with Gasteiger partial charge in [-0.15, -0.1) is 0 Å². The monoisotopic (exact) mass is 279 g/mol. The van der Waals surface area contributed by atoms with Crippen molar-refractivity contribution in [3.8, 4) is 0 Å². The van der Waals surface area contributed by atoms with Crippen molar-refractivity contribution in [1.29, 1.82) is 0 Å². The predicted molar refractivity (Wildman–Crippen MR) is 81.7 cm³/mol. The van der Waals surface area contributed by atoms with Crippen molar-refractivity contribution in [2.24, 2.45) is 5.73 Å². The van der Waals surface area contributed by atoms with E-state index in [0.29, 0.717) is 5.92 Å². The first-order chi connectivity index (χ1) is 9.17. The van der Waals surface area contributed by atoms with Gasteiger partial charge in [0.05, 0.1) is 11.0 Å². The van der Waals surface area contributed by atoms with Crippen molar-refractivity contribution in [2.75, 3.05) is 6.54 Å². The first-order valence-corrected chi connectivity index (χ1v) is 7.41. The molecule has 1 unspecified atom stereocenters. The van der Waals surface area contributed by atoms with Gasteiger partial charge in [0.15, 0.2) is 0 Å². The second kappa shape index (κ2) is 6.40. The van der Waals surface area contributed by atoms with Gasteiger partial charge in [-0.3, -0.25) is 0 Å². The number of halogens is 1. The molecule has 4 heteroatoms. The third-order valence-corrected chi connectivity index (χ3v) is 3.70. The molecule has 0 aliphatic rings. The lowest BCUT2D eigenvalue weighted by Crippen LogP contribution is -2.09. The molecule has 19 heavy (non-hydrogen) atoms. The zero-order valence-electron chi connectivity index (χ0n) is 11.7. The van der Waals surface area contributed by atoms with Crippen LogP contribution in [0.2, 0.25) is 5.02 Å². The lowest BCUT2D eigenvalue weighted by atomic mass is 10.0. The van der Waals surface area contributed by atoms with Crippen LogP contribution in [-0.4, -0.2) is 16.1 Å². The Morgan fingerprint density at radius 1 is 1.42 bits per heavy atom. The van der Waals surface area contributed by atoms with Crippen LogP contribution >= 0.6 is 11.6 Å². The van der Waals surface area contributed by atoms with Gasteiger partial charge >= 0.3 is 0 Å². The number of nitrogens with zero attached hydrogens (tertiary/aromatic N) is 2. The standard InChI is InChI=1S/C15H22ClN3/c1-3-9-19-14-10-12(16)6-7-13(14)18-15(19)11(2)5-4-8-17/h6-7,10-11H,3-5,8-9,17H2,1-2H3. The summed E-state index contributed by atoms with van der Waals surface area (Å²) in [5.74, 6) is 1.59. The summed E-state index contributed by atoms with van der Waals surface area (Å²) in [5.41, 5.74) is 7.78. The van der Waals surface area contributed by atoms with Crippen LogP contribution in [0.3, 0.4) is 0 Å². The minimum atomic E-state index is 0.432. The maximum Gasteiger partial charge on any atom is 0.112 e. The molecule has 1 aromatic carbocycles. The Bertz CT molecular complexity index is 548. The van der Waals surface area contributed by atoms with E-state index in [0.717, 1.165) is 54.2 Å². The zero-order valence-corrected chi connectivity index (χ0v) is 12.5.